The first kappa shape index (κ1) is 16.0. The second-order valence-corrected chi connectivity index (χ2v) is 5.13. The van der Waals surface area contributed by atoms with Gasteiger partial charge in [-0.1, -0.05) is 30.3 Å². The van der Waals surface area contributed by atoms with Crippen molar-refractivity contribution in [1.29, 1.82) is 0 Å². The van der Waals surface area contributed by atoms with Gasteiger partial charge in [0.05, 0.1) is 0 Å². The van der Waals surface area contributed by atoms with Crippen molar-refractivity contribution >= 4 is 18.3 Å². The molecule has 1 amide bonds. The van der Waals surface area contributed by atoms with E-state index in [1.807, 2.05) is 18.2 Å². The molecule has 0 saturated carbocycles. The van der Waals surface area contributed by atoms with Gasteiger partial charge in [0.25, 0.3) is 0 Å². The summed E-state index contributed by atoms with van der Waals surface area (Å²) >= 11 is 0. The molecule has 1 aromatic rings. The zero-order valence-corrected chi connectivity index (χ0v) is 12.2. The van der Waals surface area contributed by atoms with E-state index in [2.05, 4.69) is 29.7 Å². The fourth-order valence-corrected chi connectivity index (χ4v) is 2.47. The van der Waals surface area contributed by atoms with Crippen molar-refractivity contribution in [3.05, 3.63) is 35.9 Å². The number of aryl methyl sites for hydroxylation is 1. The lowest BCUT2D eigenvalue weighted by molar-refractivity contribution is -0.122. The Kier molecular flexibility index (Phi) is 6.89. The Morgan fingerprint density at radius 2 is 2.11 bits per heavy atom. The van der Waals surface area contributed by atoms with E-state index in [4.69, 9.17) is 0 Å². The Morgan fingerprint density at radius 3 is 2.79 bits per heavy atom. The lowest BCUT2D eigenvalue weighted by atomic mass is 10.0. The summed E-state index contributed by atoms with van der Waals surface area (Å²) in [4.78, 5) is 11.9. The molecule has 1 saturated heterocycles. The molecule has 106 valence electrons. The van der Waals surface area contributed by atoms with Crippen LogP contribution in [0, 0.1) is 0 Å². The molecule has 3 nitrogen and oxygen atoms in total. The van der Waals surface area contributed by atoms with Crippen molar-refractivity contribution in [3.63, 3.8) is 0 Å². The second-order valence-electron chi connectivity index (χ2n) is 5.13. The van der Waals surface area contributed by atoms with Gasteiger partial charge in [0.1, 0.15) is 0 Å². The van der Waals surface area contributed by atoms with Crippen molar-refractivity contribution < 1.29 is 4.79 Å². The van der Waals surface area contributed by atoms with Crippen LogP contribution in [-0.4, -0.2) is 24.5 Å². The number of rotatable bonds is 4. The first-order chi connectivity index (χ1) is 8.74. The van der Waals surface area contributed by atoms with E-state index >= 15 is 0 Å². The highest BCUT2D eigenvalue weighted by Crippen LogP contribution is 2.09. The second kappa shape index (κ2) is 8.18. The molecule has 0 bridgehead atoms. The van der Waals surface area contributed by atoms with Gasteiger partial charge in [-0.15, -0.1) is 12.4 Å². The van der Waals surface area contributed by atoms with Crippen molar-refractivity contribution in [1.82, 2.24) is 10.6 Å². The normalized spacial score (nSPS) is 22.4. The molecule has 19 heavy (non-hydrogen) atoms. The maximum Gasteiger partial charge on any atom is 0.220 e. The molecular formula is C15H23ClN2O. The molecule has 0 radical (unpaired) electrons. The number of amides is 1. The molecule has 2 N–H and O–H groups in total. The van der Waals surface area contributed by atoms with Crippen molar-refractivity contribution in [2.45, 2.75) is 44.7 Å². The molecular weight excluding hydrogens is 260 g/mol. The molecule has 0 spiro atoms. The van der Waals surface area contributed by atoms with Crippen LogP contribution < -0.4 is 10.6 Å². The number of benzene rings is 1. The van der Waals surface area contributed by atoms with Gasteiger partial charge < -0.3 is 10.6 Å². The van der Waals surface area contributed by atoms with E-state index in [1.165, 1.54) is 5.56 Å². The summed E-state index contributed by atoms with van der Waals surface area (Å²) in [7, 11) is 0. The third-order valence-electron chi connectivity index (χ3n) is 3.47. The van der Waals surface area contributed by atoms with Crippen LogP contribution in [0.4, 0.5) is 0 Å². The number of nitrogens with one attached hydrogen (secondary N) is 2. The largest absolute Gasteiger partial charge is 0.353 e. The topological polar surface area (TPSA) is 41.1 Å². The zero-order valence-electron chi connectivity index (χ0n) is 11.4. The minimum absolute atomic E-state index is 0. The molecule has 0 aromatic heterocycles. The maximum absolute atomic E-state index is 11.9. The van der Waals surface area contributed by atoms with Crippen LogP contribution in [0.3, 0.4) is 0 Å². The van der Waals surface area contributed by atoms with Gasteiger partial charge in [-0.3, -0.25) is 4.79 Å². The number of carbonyl (C=O) groups excluding carboxylic acids is 1. The molecule has 1 fully saturated rings. The standard InChI is InChI=1S/C15H22N2O.ClH/c1-12-11-14(9-10-16-12)17-15(18)8-7-13-5-3-2-4-6-13;/h2-6,12,14,16H,7-11H2,1H3,(H,17,18);1H. The highest BCUT2D eigenvalue weighted by atomic mass is 35.5. The van der Waals surface area contributed by atoms with Crippen molar-refractivity contribution in [2.75, 3.05) is 6.54 Å². The third-order valence-corrected chi connectivity index (χ3v) is 3.47. The fraction of sp³-hybridized carbons (Fsp3) is 0.533. The smallest absolute Gasteiger partial charge is 0.220 e. The highest BCUT2D eigenvalue weighted by Gasteiger charge is 2.19. The van der Waals surface area contributed by atoms with E-state index in [1.54, 1.807) is 0 Å². The molecule has 2 unspecified atom stereocenters. The van der Waals surface area contributed by atoms with E-state index in [0.717, 1.165) is 25.8 Å². The SMILES string of the molecule is CC1CC(NC(=O)CCc2ccccc2)CCN1.Cl. The maximum atomic E-state index is 11.9. The first-order valence-electron chi connectivity index (χ1n) is 6.80. The minimum atomic E-state index is 0. The summed E-state index contributed by atoms with van der Waals surface area (Å²) in [5.41, 5.74) is 1.23. The van der Waals surface area contributed by atoms with E-state index in [0.29, 0.717) is 18.5 Å². The first-order valence-corrected chi connectivity index (χ1v) is 6.80. The molecule has 1 aromatic carbocycles. The molecule has 2 atom stereocenters. The summed E-state index contributed by atoms with van der Waals surface area (Å²) in [6, 6.07) is 11.0. The number of piperidine rings is 1. The number of hydrogen-bond donors (Lipinski definition) is 2. The highest BCUT2D eigenvalue weighted by molar-refractivity contribution is 5.85. The van der Waals surface area contributed by atoms with Crippen LogP contribution in [0.2, 0.25) is 0 Å². The van der Waals surface area contributed by atoms with Gasteiger partial charge in [0.2, 0.25) is 5.91 Å². The molecule has 2 rings (SSSR count). The van der Waals surface area contributed by atoms with Crippen molar-refractivity contribution in [3.8, 4) is 0 Å². The Morgan fingerprint density at radius 1 is 1.37 bits per heavy atom. The molecule has 1 aliphatic heterocycles. The average Bonchev–Trinajstić information content (AvgIpc) is 2.38. The van der Waals surface area contributed by atoms with Gasteiger partial charge >= 0.3 is 0 Å². The summed E-state index contributed by atoms with van der Waals surface area (Å²) in [5.74, 6) is 0.179. The molecule has 4 heteroatoms. The summed E-state index contributed by atoms with van der Waals surface area (Å²) in [6.07, 6.45) is 3.49. The zero-order chi connectivity index (χ0) is 12.8. The van der Waals surface area contributed by atoms with Crippen LogP contribution in [0.15, 0.2) is 30.3 Å². The molecule has 1 heterocycles. The summed E-state index contributed by atoms with van der Waals surface area (Å²) < 4.78 is 0. The van der Waals surface area contributed by atoms with Crippen LogP contribution in [0.25, 0.3) is 0 Å². The Balaban J connectivity index is 0.00000180. The monoisotopic (exact) mass is 282 g/mol. The average molecular weight is 283 g/mol. The van der Waals surface area contributed by atoms with Gasteiger partial charge in [0.15, 0.2) is 0 Å². The molecule has 1 aliphatic rings. The van der Waals surface area contributed by atoms with Crippen LogP contribution >= 0.6 is 12.4 Å². The van der Waals surface area contributed by atoms with E-state index in [-0.39, 0.29) is 18.3 Å². The number of hydrogen-bond acceptors (Lipinski definition) is 2. The van der Waals surface area contributed by atoms with Gasteiger partial charge in [-0.2, -0.15) is 0 Å². The van der Waals surface area contributed by atoms with Crippen LogP contribution in [-0.2, 0) is 11.2 Å². The lowest BCUT2D eigenvalue weighted by Crippen LogP contribution is -2.46. The lowest BCUT2D eigenvalue weighted by Gasteiger charge is -2.28. The third kappa shape index (κ3) is 5.62. The number of halogens is 1. The minimum Gasteiger partial charge on any atom is -0.353 e. The summed E-state index contributed by atoms with van der Waals surface area (Å²) in [6.45, 7) is 3.17. The fourth-order valence-electron chi connectivity index (χ4n) is 2.47. The molecule has 0 aliphatic carbocycles. The van der Waals surface area contributed by atoms with E-state index in [9.17, 15) is 4.79 Å². The predicted molar refractivity (Wildman–Crippen MR) is 80.6 cm³/mol. The Labute approximate surface area is 121 Å². The predicted octanol–water partition coefficient (Wildman–Crippen LogP) is 2.30. The van der Waals surface area contributed by atoms with Crippen LogP contribution in [0.5, 0.6) is 0 Å². The number of carbonyl (C=O) groups is 1. The Bertz CT molecular complexity index is 383. The van der Waals surface area contributed by atoms with Gasteiger partial charge in [-0.05, 0) is 38.3 Å². The van der Waals surface area contributed by atoms with E-state index < -0.39 is 0 Å². The van der Waals surface area contributed by atoms with Gasteiger partial charge in [0, 0.05) is 18.5 Å². The van der Waals surface area contributed by atoms with Gasteiger partial charge in [-0.25, -0.2) is 0 Å². The van der Waals surface area contributed by atoms with Crippen molar-refractivity contribution in [2.24, 2.45) is 0 Å². The Hall–Kier alpha value is -1.06. The summed E-state index contributed by atoms with van der Waals surface area (Å²) in [5, 5.41) is 6.53. The quantitative estimate of drug-likeness (QED) is 0.890. The van der Waals surface area contributed by atoms with Crippen LogP contribution in [0.1, 0.15) is 31.7 Å².